The highest BCUT2D eigenvalue weighted by Gasteiger charge is 2.45. The number of rotatable bonds is 11. The number of carbonyl (C=O) groups excluding carboxylic acids is 2. The third kappa shape index (κ3) is 8.16. The average Bonchev–Trinajstić information content (AvgIpc) is 3.03. The van der Waals surface area contributed by atoms with Gasteiger partial charge in [0.1, 0.15) is 24.5 Å². The molecule has 0 unspecified atom stereocenters. The van der Waals surface area contributed by atoms with Crippen LogP contribution < -0.4 is 21.9 Å². The van der Waals surface area contributed by atoms with Crippen LogP contribution in [0, 0.1) is 5.92 Å². The Kier molecular flexibility index (Phi) is 10.9. The number of phenolic OH excluding ortho intramolecular Hbond substituents is 1. The largest absolute Gasteiger partial charge is 0.508 e. The van der Waals surface area contributed by atoms with Gasteiger partial charge in [-0.3, -0.25) is 19.1 Å². The summed E-state index contributed by atoms with van der Waals surface area (Å²) in [4.78, 5) is 64.7. The summed E-state index contributed by atoms with van der Waals surface area (Å²) in [5.74, 6) is -3.87. The fourth-order valence-electron chi connectivity index (χ4n) is 5.00. The van der Waals surface area contributed by atoms with Crippen molar-refractivity contribution >= 4 is 18.0 Å². The van der Waals surface area contributed by atoms with Crippen molar-refractivity contribution in [2.45, 2.75) is 62.7 Å². The lowest BCUT2D eigenvalue weighted by molar-refractivity contribution is -0.209. The van der Waals surface area contributed by atoms with Gasteiger partial charge in [-0.2, -0.15) is 0 Å². The second kappa shape index (κ2) is 14.8. The maximum absolute atomic E-state index is 13.7. The van der Waals surface area contributed by atoms with E-state index in [4.69, 9.17) is 9.47 Å². The minimum atomic E-state index is -1.89. The minimum Gasteiger partial charge on any atom is -0.508 e. The number of aliphatic hydroxyl groups excluding tert-OH is 3. The number of aliphatic carboxylic acids is 1. The SMILES string of the molecule is C[C@@H]([C@H](NC(=O)OCc1ccccc1)C(=O)N[C@H](C(=O)O)[C@@H]1C[C@@H](O)[C@@H](O)[C@H](n2ccc(=O)[nH]c2=O)O1)[C@H](O)c1ccc(O)cc1. The molecule has 246 valence electrons. The van der Waals surface area contributed by atoms with Gasteiger partial charge in [0.05, 0.1) is 18.3 Å². The highest BCUT2D eigenvalue weighted by molar-refractivity contribution is 5.89. The van der Waals surface area contributed by atoms with Gasteiger partial charge in [-0.1, -0.05) is 49.4 Å². The summed E-state index contributed by atoms with van der Waals surface area (Å²) < 4.78 is 11.7. The predicted molar refractivity (Wildman–Crippen MR) is 157 cm³/mol. The number of hydrogen-bond donors (Lipinski definition) is 8. The normalized spacial score (nSPS) is 22.1. The summed E-state index contributed by atoms with van der Waals surface area (Å²) in [6, 6.07) is 11.5. The van der Waals surface area contributed by atoms with Crippen LogP contribution in [0.25, 0.3) is 0 Å². The van der Waals surface area contributed by atoms with Crippen LogP contribution in [0.5, 0.6) is 5.75 Å². The Morgan fingerprint density at radius 2 is 1.72 bits per heavy atom. The van der Waals surface area contributed by atoms with E-state index in [1.54, 1.807) is 30.3 Å². The molecule has 0 aliphatic carbocycles. The number of benzene rings is 2. The van der Waals surface area contributed by atoms with Gasteiger partial charge in [0, 0.05) is 24.6 Å². The number of carboxylic acids is 1. The first-order chi connectivity index (χ1) is 21.8. The number of ether oxygens (including phenoxy) is 2. The molecule has 3 aromatic rings. The van der Waals surface area contributed by atoms with E-state index in [1.807, 2.05) is 4.98 Å². The molecule has 0 saturated carbocycles. The molecule has 2 amide bonds. The number of carbonyl (C=O) groups is 3. The van der Waals surface area contributed by atoms with Crippen molar-refractivity contribution in [3.8, 4) is 5.75 Å². The van der Waals surface area contributed by atoms with E-state index < -0.39 is 84.3 Å². The quantitative estimate of drug-likeness (QED) is 0.132. The molecule has 8 N–H and O–H groups in total. The molecule has 1 saturated heterocycles. The van der Waals surface area contributed by atoms with Crippen molar-refractivity contribution in [1.29, 1.82) is 0 Å². The number of aromatic nitrogens is 2. The smallest absolute Gasteiger partial charge is 0.408 e. The first kappa shape index (κ1) is 33.9. The fourth-order valence-corrected chi connectivity index (χ4v) is 5.00. The van der Waals surface area contributed by atoms with Crippen molar-refractivity contribution < 1.29 is 49.4 Å². The molecule has 1 aliphatic heterocycles. The third-order valence-electron chi connectivity index (χ3n) is 7.56. The summed E-state index contributed by atoms with van der Waals surface area (Å²) in [5, 5.41) is 56.4. The van der Waals surface area contributed by atoms with E-state index in [0.717, 1.165) is 16.8 Å². The van der Waals surface area contributed by atoms with Crippen LogP contribution in [0.15, 0.2) is 76.4 Å². The number of aliphatic hydroxyl groups is 3. The van der Waals surface area contributed by atoms with Gasteiger partial charge in [-0.15, -0.1) is 0 Å². The van der Waals surface area contributed by atoms with Gasteiger partial charge in [0.25, 0.3) is 5.56 Å². The Bertz CT molecular complexity index is 1630. The zero-order valence-corrected chi connectivity index (χ0v) is 24.4. The molecule has 4 rings (SSSR count). The number of aromatic amines is 1. The highest BCUT2D eigenvalue weighted by atomic mass is 16.5. The standard InChI is InChI=1S/C30H34N4O12/c1-15(24(38)17-7-9-18(35)10-8-17)22(33-30(44)45-14-16-5-3-2-4-6-16)26(40)32-23(28(41)42)20-13-19(36)25(39)27(46-20)34-12-11-21(37)31-29(34)43/h2-12,15,19-20,22-25,27,35-36,38-39H,13-14H2,1H3,(H,32,40)(H,33,44)(H,41,42)(H,31,37,43)/t15-,19+,20-,22-,23-,24-,25+,27+/m0/s1. The molecule has 8 atom stereocenters. The third-order valence-corrected chi connectivity index (χ3v) is 7.56. The first-order valence-corrected chi connectivity index (χ1v) is 14.2. The molecule has 0 spiro atoms. The van der Waals surface area contributed by atoms with Gasteiger partial charge in [0.2, 0.25) is 5.91 Å². The molecule has 1 fully saturated rings. The molecule has 16 heteroatoms. The van der Waals surface area contributed by atoms with Crippen LogP contribution in [0.1, 0.15) is 36.8 Å². The molecule has 16 nitrogen and oxygen atoms in total. The Morgan fingerprint density at radius 3 is 2.35 bits per heavy atom. The van der Waals surface area contributed by atoms with Crippen molar-refractivity contribution in [3.05, 3.63) is 98.8 Å². The summed E-state index contributed by atoms with van der Waals surface area (Å²) >= 11 is 0. The van der Waals surface area contributed by atoms with E-state index in [1.165, 1.54) is 31.2 Å². The van der Waals surface area contributed by atoms with Crippen molar-refractivity contribution in [1.82, 2.24) is 20.2 Å². The Hall–Kier alpha value is -5.03. The Morgan fingerprint density at radius 1 is 1.04 bits per heavy atom. The first-order valence-electron chi connectivity index (χ1n) is 14.2. The van der Waals surface area contributed by atoms with Crippen LogP contribution >= 0.6 is 0 Å². The molecule has 1 aromatic heterocycles. The second-order valence-electron chi connectivity index (χ2n) is 10.8. The van der Waals surface area contributed by atoms with Crippen molar-refractivity contribution in [2.75, 3.05) is 0 Å². The molecule has 0 bridgehead atoms. The zero-order valence-electron chi connectivity index (χ0n) is 24.4. The number of alkyl carbamates (subject to hydrolysis) is 1. The molecule has 2 heterocycles. The maximum Gasteiger partial charge on any atom is 0.408 e. The van der Waals surface area contributed by atoms with Gasteiger partial charge in [-0.05, 0) is 23.3 Å². The van der Waals surface area contributed by atoms with Gasteiger partial charge < -0.3 is 45.6 Å². The van der Waals surface area contributed by atoms with Crippen LogP contribution in [0.3, 0.4) is 0 Å². The fraction of sp³-hybridized carbons (Fsp3) is 0.367. The number of nitrogens with zero attached hydrogens (tertiary/aromatic N) is 1. The predicted octanol–water partition coefficient (Wildman–Crippen LogP) is -0.514. The number of aromatic hydroxyl groups is 1. The lowest BCUT2D eigenvalue weighted by Crippen LogP contribution is -2.61. The zero-order chi connectivity index (χ0) is 33.5. The van der Waals surface area contributed by atoms with E-state index in [2.05, 4.69) is 10.6 Å². The summed E-state index contributed by atoms with van der Waals surface area (Å²) in [7, 11) is 0. The number of nitrogens with one attached hydrogen (secondary N) is 3. The van der Waals surface area contributed by atoms with Crippen molar-refractivity contribution in [2.24, 2.45) is 5.92 Å². The number of H-pyrrole nitrogens is 1. The van der Waals surface area contributed by atoms with Gasteiger partial charge in [0.15, 0.2) is 12.3 Å². The van der Waals surface area contributed by atoms with Crippen LogP contribution in [0.4, 0.5) is 4.79 Å². The topological polar surface area (TPSA) is 250 Å². The van der Waals surface area contributed by atoms with Crippen LogP contribution in [0.2, 0.25) is 0 Å². The van der Waals surface area contributed by atoms with E-state index in [9.17, 15) is 49.5 Å². The monoisotopic (exact) mass is 642 g/mol. The maximum atomic E-state index is 13.7. The molecule has 0 radical (unpaired) electrons. The summed E-state index contributed by atoms with van der Waals surface area (Å²) in [5.41, 5.74) is -0.827. The Labute approximate surface area is 260 Å². The van der Waals surface area contributed by atoms with Crippen LogP contribution in [-0.4, -0.2) is 83.4 Å². The highest BCUT2D eigenvalue weighted by Crippen LogP contribution is 2.30. The van der Waals surface area contributed by atoms with E-state index in [-0.39, 0.29) is 17.9 Å². The molecule has 2 aromatic carbocycles. The van der Waals surface area contributed by atoms with Crippen LogP contribution in [-0.2, 0) is 25.7 Å². The molecular formula is C30H34N4O12. The molecule has 1 aliphatic rings. The number of amides is 2. The Balaban J connectivity index is 1.57. The van der Waals surface area contributed by atoms with E-state index >= 15 is 0 Å². The second-order valence-corrected chi connectivity index (χ2v) is 10.8. The number of phenols is 1. The van der Waals surface area contributed by atoms with Gasteiger partial charge >= 0.3 is 17.8 Å². The number of carboxylic acid groups (broad SMARTS) is 1. The number of hydrogen-bond acceptors (Lipinski definition) is 11. The van der Waals surface area contributed by atoms with Gasteiger partial charge in [-0.25, -0.2) is 14.4 Å². The summed E-state index contributed by atoms with van der Waals surface area (Å²) in [6.45, 7) is 1.26. The molecular weight excluding hydrogens is 608 g/mol. The lowest BCUT2D eigenvalue weighted by atomic mass is 9.89. The average molecular weight is 643 g/mol. The molecule has 46 heavy (non-hydrogen) atoms. The lowest BCUT2D eigenvalue weighted by Gasteiger charge is -2.40. The van der Waals surface area contributed by atoms with E-state index in [0.29, 0.717) is 5.56 Å². The van der Waals surface area contributed by atoms with Crippen molar-refractivity contribution in [3.63, 3.8) is 0 Å². The minimum absolute atomic E-state index is 0.0768. The summed E-state index contributed by atoms with van der Waals surface area (Å²) in [6.07, 6.45) is -8.43.